The Kier molecular flexibility index (Phi) is 3.33. The fourth-order valence-electron chi connectivity index (χ4n) is 2.22. The van der Waals surface area contributed by atoms with E-state index in [9.17, 15) is 4.79 Å². The van der Waals surface area contributed by atoms with E-state index in [0.717, 1.165) is 40.7 Å². The second kappa shape index (κ2) is 4.58. The average molecular weight is 282 g/mol. The molecule has 16 heavy (non-hydrogen) atoms. The predicted molar refractivity (Wildman–Crippen MR) is 69.0 cm³/mol. The second-order valence-electron chi connectivity index (χ2n) is 4.35. The van der Waals surface area contributed by atoms with Crippen LogP contribution >= 0.6 is 15.9 Å². The van der Waals surface area contributed by atoms with Crippen LogP contribution in [-0.4, -0.2) is 10.5 Å². The highest BCUT2D eigenvalue weighted by molar-refractivity contribution is 9.11. The van der Waals surface area contributed by atoms with Crippen LogP contribution in [0, 0.1) is 13.8 Å². The molecule has 0 aliphatic heterocycles. The van der Waals surface area contributed by atoms with Crippen molar-refractivity contribution >= 4 is 21.8 Å². The van der Waals surface area contributed by atoms with E-state index in [4.69, 9.17) is 0 Å². The Morgan fingerprint density at radius 3 is 2.31 bits per heavy atom. The van der Waals surface area contributed by atoms with Crippen molar-refractivity contribution in [3.63, 3.8) is 0 Å². The lowest BCUT2D eigenvalue weighted by atomic mass is 9.99. The Morgan fingerprint density at radius 1 is 1.19 bits per heavy atom. The molecule has 0 spiro atoms. The molecule has 0 fully saturated rings. The number of carbonyl (C=O) groups excluding carboxylic acids is 1. The van der Waals surface area contributed by atoms with Crippen molar-refractivity contribution in [1.82, 2.24) is 4.57 Å². The van der Waals surface area contributed by atoms with Crippen molar-refractivity contribution in [3.8, 4) is 0 Å². The Morgan fingerprint density at radius 2 is 1.75 bits per heavy atom. The third-order valence-corrected chi connectivity index (χ3v) is 4.01. The lowest BCUT2D eigenvalue weighted by Gasteiger charge is -2.17. The van der Waals surface area contributed by atoms with Crippen LogP contribution in [0.1, 0.15) is 41.9 Å². The first-order valence-electron chi connectivity index (χ1n) is 5.68. The fraction of sp³-hybridized carbons (Fsp3) is 0.462. The topological polar surface area (TPSA) is 22.0 Å². The molecule has 1 aromatic rings. The van der Waals surface area contributed by atoms with E-state index in [1.165, 1.54) is 6.42 Å². The summed E-state index contributed by atoms with van der Waals surface area (Å²) < 4.78 is 2.90. The van der Waals surface area contributed by atoms with Crippen molar-refractivity contribution in [2.24, 2.45) is 0 Å². The first kappa shape index (κ1) is 11.6. The van der Waals surface area contributed by atoms with Crippen LogP contribution < -0.4 is 0 Å². The number of aryl methyl sites for hydroxylation is 2. The van der Waals surface area contributed by atoms with Gasteiger partial charge < -0.3 is 0 Å². The zero-order valence-corrected chi connectivity index (χ0v) is 11.3. The van der Waals surface area contributed by atoms with E-state index in [1.807, 2.05) is 30.5 Å². The number of nitrogens with zero attached hydrogens (tertiary/aromatic N) is 1. The van der Waals surface area contributed by atoms with E-state index in [0.29, 0.717) is 0 Å². The molecule has 0 radical (unpaired) electrons. The van der Waals surface area contributed by atoms with Gasteiger partial charge in [0.05, 0.1) is 0 Å². The number of allylic oxidation sites excluding steroid dienone is 2. The molecule has 0 atom stereocenters. The Bertz CT molecular complexity index is 437. The molecular formula is C13H16BrNO. The van der Waals surface area contributed by atoms with E-state index in [-0.39, 0.29) is 5.91 Å². The van der Waals surface area contributed by atoms with Crippen molar-refractivity contribution in [2.75, 3.05) is 0 Å². The number of halogens is 1. The molecule has 2 nitrogen and oxygen atoms in total. The van der Waals surface area contributed by atoms with E-state index < -0.39 is 0 Å². The fourth-order valence-corrected chi connectivity index (χ4v) is 2.86. The van der Waals surface area contributed by atoms with Crippen LogP contribution in [0.3, 0.4) is 0 Å². The molecule has 1 aliphatic carbocycles. The molecule has 2 rings (SSSR count). The van der Waals surface area contributed by atoms with E-state index >= 15 is 0 Å². The lowest BCUT2D eigenvalue weighted by molar-refractivity contribution is 0.0945. The highest BCUT2D eigenvalue weighted by Crippen LogP contribution is 2.30. The quantitative estimate of drug-likeness (QED) is 0.764. The summed E-state index contributed by atoms with van der Waals surface area (Å²) in [6.07, 6.45) is 4.20. The Balaban J connectivity index is 2.39. The van der Waals surface area contributed by atoms with Gasteiger partial charge in [-0.1, -0.05) is 15.9 Å². The minimum absolute atomic E-state index is 0.145. The van der Waals surface area contributed by atoms with Crippen LogP contribution in [0.5, 0.6) is 0 Å². The maximum Gasteiger partial charge on any atom is 0.259 e. The number of carbonyl (C=O) groups is 1. The van der Waals surface area contributed by atoms with Gasteiger partial charge in [-0.3, -0.25) is 9.36 Å². The van der Waals surface area contributed by atoms with Crippen molar-refractivity contribution < 1.29 is 4.79 Å². The number of aromatic nitrogens is 1. The summed E-state index contributed by atoms with van der Waals surface area (Å²) in [6.45, 7) is 3.95. The monoisotopic (exact) mass is 281 g/mol. The van der Waals surface area contributed by atoms with Gasteiger partial charge in [0.1, 0.15) is 0 Å². The summed E-state index contributed by atoms with van der Waals surface area (Å²) >= 11 is 3.54. The summed E-state index contributed by atoms with van der Waals surface area (Å²) in [5.41, 5.74) is 2.98. The van der Waals surface area contributed by atoms with Crippen LogP contribution in [0.2, 0.25) is 0 Å². The smallest absolute Gasteiger partial charge is 0.259 e. The molecule has 1 aromatic heterocycles. The SMILES string of the molecule is Cc1ccc(C)n1C(=O)C1=C(Br)CCCC1. The van der Waals surface area contributed by atoms with Crippen molar-refractivity contribution in [2.45, 2.75) is 39.5 Å². The van der Waals surface area contributed by atoms with Crippen LogP contribution in [0.4, 0.5) is 0 Å². The number of hydrogen-bond donors (Lipinski definition) is 0. The molecule has 3 heteroatoms. The number of rotatable bonds is 1. The molecule has 0 saturated heterocycles. The third-order valence-electron chi connectivity index (χ3n) is 3.13. The minimum Gasteiger partial charge on any atom is -0.285 e. The van der Waals surface area contributed by atoms with Crippen molar-refractivity contribution in [1.29, 1.82) is 0 Å². The Labute approximate surface area is 104 Å². The van der Waals surface area contributed by atoms with Gasteiger partial charge in [-0.05, 0) is 51.7 Å². The summed E-state index contributed by atoms with van der Waals surface area (Å²) in [6, 6.07) is 3.98. The molecule has 86 valence electrons. The van der Waals surface area contributed by atoms with Gasteiger partial charge in [-0.25, -0.2) is 0 Å². The maximum atomic E-state index is 12.4. The van der Waals surface area contributed by atoms with E-state index in [2.05, 4.69) is 15.9 Å². The highest BCUT2D eigenvalue weighted by atomic mass is 79.9. The summed E-state index contributed by atoms with van der Waals surface area (Å²) in [4.78, 5) is 12.4. The molecule has 0 N–H and O–H groups in total. The standard InChI is InChI=1S/C13H16BrNO/c1-9-7-8-10(2)15(9)13(16)11-5-3-4-6-12(11)14/h7-8H,3-6H2,1-2H3. The third kappa shape index (κ3) is 2.01. The van der Waals surface area contributed by atoms with Gasteiger partial charge in [0.2, 0.25) is 0 Å². The first-order chi connectivity index (χ1) is 7.61. The van der Waals surface area contributed by atoms with Gasteiger partial charge in [-0.15, -0.1) is 0 Å². The van der Waals surface area contributed by atoms with Crippen LogP contribution in [0.25, 0.3) is 0 Å². The van der Waals surface area contributed by atoms with Gasteiger partial charge in [-0.2, -0.15) is 0 Å². The van der Waals surface area contributed by atoms with Gasteiger partial charge >= 0.3 is 0 Å². The summed E-state index contributed by atoms with van der Waals surface area (Å²) in [5, 5.41) is 0. The number of hydrogen-bond acceptors (Lipinski definition) is 1. The summed E-state index contributed by atoms with van der Waals surface area (Å²) in [7, 11) is 0. The normalized spacial score (nSPS) is 16.7. The highest BCUT2D eigenvalue weighted by Gasteiger charge is 2.20. The lowest BCUT2D eigenvalue weighted by Crippen LogP contribution is -2.18. The van der Waals surface area contributed by atoms with Gasteiger partial charge in [0.15, 0.2) is 0 Å². The average Bonchev–Trinajstić information content (AvgIpc) is 2.58. The molecule has 0 aromatic carbocycles. The molecule has 0 unspecified atom stereocenters. The minimum atomic E-state index is 0.145. The molecule has 1 heterocycles. The predicted octanol–water partition coefficient (Wildman–Crippen LogP) is 3.97. The first-order valence-corrected chi connectivity index (χ1v) is 6.47. The molecular weight excluding hydrogens is 266 g/mol. The van der Waals surface area contributed by atoms with Gasteiger partial charge in [0, 0.05) is 21.4 Å². The summed E-state index contributed by atoms with van der Waals surface area (Å²) in [5.74, 6) is 0.145. The van der Waals surface area contributed by atoms with Gasteiger partial charge in [0.25, 0.3) is 5.91 Å². The maximum absolute atomic E-state index is 12.4. The molecule has 0 bridgehead atoms. The van der Waals surface area contributed by atoms with E-state index in [1.54, 1.807) is 0 Å². The Hall–Kier alpha value is -0.830. The largest absolute Gasteiger partial charge is 0.285 e. The molecule has 0 amide bonds. The second-order valence-corrected chi connectivity index (χ2v) is 5.30. The molecule has 1 aliphatic rings. The van der Waals surface area contributed by atoms with Crippen molar-refractivity contribution in [3.05, 3.63) is 33.6 Å². The molecule has 0 saturated carbocycles. The zero-order valence-electron chi connectivity index (χ0n) is 9.72. The van der Waals surface area contributed by atoms with Crippen LogP contribution in [0.15, 0.2) is 22.2 Å². The zero-order chi connectivity index (χ0) is 11.7. The van der Waals surface area contributed by atoms with Crippen LogP contribution in [-0.2, 0) is 0 Å².